The van der Waals surface area contributed by atoms with E-state index in [4.69, 9.17) is 10.00 Å². The van der Waals surface area contributed by atoms with E-state index in [-0.39, 0.29) is 11.5 Å². The molecule has 8 nitrogen and oxygen atoms in total. The lowest BCUT2D eigenvalue weighted by molar-refractivity contribution is 0.0514. The summed E-state index contributed by atoms with van der Waals surface area (Å²) in [5.74, 6) is 0.731. The van der Waals surface area contributed by atoms with Gasteiger partial charge in [-0.25, -0.2) is 9.67 Å². The Morgan fingerprint density at radius 1 is 1.38 bits per heavy atom. The predicted octanol–water partition coefficient (Wildman–Crippen LogP) is 2.95. The van der Waals surface area contributed by atoms with Crippen molar-refractivity contribution in [2.45, 2.75) is 26.2 Å². The maximum absolute atomic E-state index is 12.9. The molecule has 2 aromatic heterocycles. The SMILES string of the molecule is Cc1cc(-n2[nH]cc(-c3ccc(C#N)cc3)c2=O)ncc1C(=O)NCCC1CCCOC1. The minimum absolute atomic E-state index is 0.171. The summed E-state index contributed by atoms with van der Waals surface area (Å²) in [5.41, 5.74) is 2.68. The molecule has 1 amide bonds. The van der Waals surface area contributed by atoms with E-state index in [2.05, 4.69) is 21.5 Å². The number of H-pyrrole nitrogens is 1. The van der Waals surface area contributed by atoms with Gasteiger partial charge in [-0.1, -0.05) is 12.1 Å². The number of hydrogen-bond acceptors (Lipinski definition) is 5. The summed E-state index contributed by atoms with van der Waals surface area (Å²) in [7, 11) is 0. The lowest BCUT2D eigenvalue weighted by Crippen LogP contribution is -2.29. The van der Waals surface area contributed by atoms with Crippen molar-refractivity contribution in [1.29, 1.82) is 5.26 Å². The Labute approximate surface area is 185 Å². The number of carbonyl (C=O) groups excluding carboxylic acids is 1. The Kier molecular flexibility index (Phi) is 6.47. The number of nitrogens with zero attached hydrogens (tertiary/aromatic N) is 3. The van der Waals surface area contributed by atoms with Crippen molar-refractivity contribution in [2.24, 2.45) is 5.92 Å². The van der Waals surface area contributed by atoms with Crippen molar-refractivity contribution >= 4 is 5.91 Å². The molecule has 1 saturated heterocycles. The van der Waals surface area contributed by atoms with Gasteiger partial charge in [0.25, 0.3) is 11.5 Å². The minimum Gasteiger partial charge on any atom is -0.381 e. The molecule has 4 rings (SSSR count). The summed E-state index contributed by atoms with van der Waals surface area (Å²) in [5, 5.41) is 14.8. The molecular formula is C24H25N5O3. The van der Waals surface area contributed by atoms with E-state index in [9.17, 15) is 9.59 Å². The van der Waals surface area contributed by atoms with Gasteiger partial charge in [-0.2, -0.15) is 5.26 Å². The zero-order valence-corrected chi connectivity index (χ0v) is 17.9. The maximum atomic E-state index is 12.9. The van der Waals surface area contributed by atoms with Gasteiger partial charge in [-0.3, -0.25) is 14.7 Å². The van der Waals surface area contributed by atoms with Gasteiger partial charge in [0.05, 0.1) is 22.8 Å². The zero-order valence-electron chi connectivity index (χ0n) is 17.9. The van der Waals surface area contributed by atoms with E-state index in [0.717, 1.165) is 38.0 Å². The van der Waals surface area contributed by atoms with Crippen LogP contribution in [-0.2, 0) is 4.74 Å². The number of benzene rings is 1. The topological polar surface area (TPSA) is 113 Å². The van der Waals surface area contributed by atoms with E-state index >= 15 is 0 Å². The van der Waals surface area contributed by atoms with Crippen LogP contribution < -0.4 is 10.9 Å². The molecular weight excluding hydrogens is 406 g/mol. The number of nitrogens with one attached hydrogen (secondary N) is 2. The number of aromatic amines is 1. The number of pyridine rings is 1. The fraction of sp³-hybridized carbons (Fsp3) is 0.333. The van der Waals surface area contributed by atoms with E-state index in [1.165, 1.54) is 10.9 Å². The summed E-state index contributed by atoms with van der Waals surface area (Å²) >= 11 is 0. The Morgan fingerprint density at radius 2 is 2.19 bits per heavy atom. The first-order chi connectivity index (χ1) is 15.6. The van der Waals surface area contributed by atoms with Crippen LogP contribution in [0.15, 0.2) is 47.5 Å². The third kappa shape index (κ3) is 4.63. The molecule has 2 N–H and O–H groups in total. The van der Waals surface area contributed by atoms with Crippen molar-refractivity contribution in [3.63, 3.8) is 0 Å². The summed E-state index contributed by atoms with van der Waals surface area (Å²) < 4.78 is 6.82. The Morgan fingerprint density at radius 3 is 2.88 bits per heavy atom. The van der Waals surface area contributed by atoms with E-state index in [1.54, 1.807) is 36.5 Å². The van der Waals surface area contributed by atoms with Gasteiger partial charge in [0.2, 0.25) is 0 Å². The van der Waals surface area contributed by atoms with E-state index in [1.807, 2.05) is 6.92 Å². The summed E-state index contributed by atoms with van der Waals surface area (Å²) in [6, 6.07) is 10.6. The third-order valence-electron chi connectivity index (χ3n) is 5.76. The second kappa shape index (κ2) is 9.62. The second-order valence-electron chi connectivity index (χ2n) is 8.00. The average molecular weight is 431 g/mol. The van der Waals surface area contributed by atoms with Crippen LogP contribution in [-0.4, -0.2) is 40.4 Å². The molecule has 0 spiro atoms. The number of aromatic nitrogens is 3. The van der Waals surface area contributed by atoms with Gasteiger partial charge in [0.15, 0.2) is 5.82 Å². The fourth-order valence-corrected chi connectivity index (χ4v) is 3.89. The van der Waals surface area contributed by atoms with Gasteiger partial charge in [0, 0.05) is 32.2 Å². The standard InChI is InChI=1S/C24H25N5O3/c1-16-11-22(27-13-20(16)23(30)26-9-8-18-3-2-10-32-15-18)29-24(31)21(14-28-29)19-6-4-17(12-25)5-7-19/h4-7,11,13-14,18,28H,2-3,8-10,15H2,1H3,(H,26,30). The highest BCUT2D eigenvalue weighted by atomic mass is 16.5. The number of carbonyl (C=O) groups is 1. The molecule has 1 fully saturated rings. The molecule has 0 bridgehead atoms. The monoisotopic (exact) mass is 431 g/mol. The molecule has 1 aromatic carbocycles. The molecule has 32 heavy (non-hydrogen) atoms. The van der Waals surface area contributed by atoms with Crippen LogP contribution in [0.3, 0.4) is 0 Å². The van der Waals surface area contributed by atoms with Crippen molar-refractivity contribution in [2.75, 3.05) is 19.8 Å². The smallest absolute Gasteiger partial charge is 0.280 e. The molecule has 1 aliphatic heterocycles. The fourth-order valence-electron chi connectivity index (χ4n) is 3.89. The van der Waals surface area contributed by atoms with Gasteiger partial charge >= 0.3 is 0 Å². The summed E-state index contributed by atoms with van der Waals surface area (Å²) in [6.07, 6.45) is 6.22. The highest BCUT2D eigenvalue weighted by Gasteiger charge is 2.16. The molecule has 1 aliphatic rings. The van der Waals surface area contributed by atoms with Crippen molar-refractivity contribution < 1.29 is 9.53 Å². The van der Waals surface area contributed by atoms with Crippen LogP contribution in [0, 0.1) is 24.2 Å². The molecule has 3 heterocycles. The molecule has 164 valence electrons. The van der Waals surface area contributed by atoms with Crippen molar-refractivity contribution in [3.8, 4) is 23.0 Å². The number of ether oxygens (including phenoxy) is 1. The minimum atomic E-state index is -0.256. The summed E-state index contributed by atoms with van der Waals surface area (Å²) in [4.78, 5) is 29.8. The van der Waals surface area contributed by atoms with Crippen LogP contribution in [0.2, 0.25) is 0 Å². The van der Waals surface area contributed by atoms with E-state index in [0.29, 0.717) is 40.5 Å². The number of rotatable bonds is 6. The number of hydrogen-bond donors (Lipinski definition) is 2. The number of amides is 1. The first-order valence-electron chi connectivity index (χ1n) is 10.7. The predicted molar refractivity (Wildman–Crippen MR) is 120 cm³/mol. The first kappa shape index (κ1) is 21.5. The molecule has 0 saturated carbocycles. The molecule has 1 atom stereocenters. The highest BCUT2D eigenvalue weighted by Crippen LogP contribution is 2.18. The van der Waals surface area contributed by atoms with Gasteiger partial charge in [-0.15, -0.1) is 0 Å². The lowest BCUT2D eigenvalue weighted by Gasteiger charge is -2.22. The Hall–Kier alpha value is -3.70. The van der Waals surface area contributed by atoms with E-state index < -0.39 is 0 Å². The van der Waals surface area contributed by atoms with Crippen LogP contribution in [0.1, 0.15) is 40.7 Å². The van der Waals surface area contributed by atoms with Crippen molar-refractivity contribution in [3.05, 3.63) is 69.8 Å². The average Bonchev–Trinajstić information content (AvgIpc) is 3.21. The molecule has 3 aromatic rings. The lowest BCUT2D eigenvalue weighted by atomic mass is 9.99. The highest BCUT2D eigenvalue weighted by molar-refractivity contribution is 5.95. The molecule has 8 heteroatoms. The van der Waals surface area contributed by atoms with Gasteiger partial charge < -0.3 is 10.1 Å². The second-order valence-corrected chi connectivity index (χ2v) is 8.00. The maximum Gasteiger partial charge on any atom is 0.280 e. The third-order valence-corrected chi connectivity index (χ3v) is 5.76. The first-order valence-corrected chi connectivity index (χ1v) is 10.7. The zero-order chi connectivity index (χ0) is 22.5. The number of nitriles is 1. The van der Waals surface area contributed by atoms with Gasteiger partial charge in [0.1, 0.15) is 0 Å². The van der Waals surface area contributed by atoms with Gasteiger partial charge in [-0.05, 0) is 61.4 Å². The molecule has 1 unspecified atom stereocenters. The quantitative estimate of drug-likeness (QED) is 0.623. The van der Waals surface area contributed by atoms with Crippen LogP contribution in [0.5, 0.6) is 0 Å². The normalized spacial score (nSPS) is 15.8. The Balaban J connectivity index is 1.46. The molecule has 0 aliphatic carbocycles. The largest absolute Gasteiger partial charge is 0.381 e. The number of aryl methyl sites for hydroxylation is 1. The van der Waals surface area contributed by atoms with Crippen LogP contribution >= 0.6 is 0 Å². The van der Waals surface area contributed by atoms with Crippen LogP contribution in [0.4, 0.5) is 0 Å². The molecule has 0 radical (unpaired) electrons. The van der Waals surface area contributed by atoms with Crippen LogP contribution in [0.25, 0.3) is 16.9 Å². The Bertz CT molecular complexity index is 1200. The summed E-state index contributed by atoms with van der Waals surface area (Å²) in [6.45, 7) is 4.02. The van der Waals surface area contributed by atoms with Crippen molar-refractivity contribution in [1.82, 2.24) is 20.1 Å².